The van der Waals surface area contributed by atoms with Crippen LogP contribution in [0.3, 0.4) is 0 Å². The zero-order valence-electron chi connectivity index (χ0n) is 15.7. The quantitative estimate of drug-likeness (QED) is 0.340. The number of nitrogens with one attached hydrogen (secondary N) is 2. The van der Waals surface area contributed by atoms with Crippen LogP contribution in [0.1, 0.15) is 38.2 Å². The highest BCUT2D eigenvalue weighted by atomic mass is 127. The van der Waals surface area contributed by atoms with Crippen LogP contribution in [0.15, 0.2) is 23.2 Å². The highest BCUT2D eigenvalue weighted by molar-refractivity contribution is 14.0. The summed E-state index contributed by atoms with van der Waals surface area (Å²) in [6.07, 6.45) is 5.57. The highest BCUT2D eigenvalue weighted by Gasteiger charge is 2.19. The molecule has 2 rings (SSSR count). The lowest BCUT2D eigenvalue weighted by atomic mass is 10.0. The first-order chi connectivity index (χ1) is 12.1. The third kappa shape index (κ3) is 7.96. The van der Waals surface area contributed by atoms with Crippen molar-refractivity contribution in [3.05, 3.63) is 34.6 Å². The molecule has 1 aliphatic rings. The molecule has 0 spiro atoms. The van der Waals surface area contributed by atoms with E-state index < -0.39 is 0 Å². The predicted molar refractivity (Wildman–Crippen MR) is 119 cm³/mol. The summed E-state index contributed by atoms with van der Waals surface area (Å²) in [6, 6.07) is 5.01. The molecule has 1 saturated heterocycles. The summed E-state index contributed by atoms with van der Waals surface area (Å²) in [4.78, 5) is 6.86. The predicted octanol–water partition coefficient (Wildman–Crippen LogP) is 4.07. The third-order valence-electron chi connectivity index (χ3n) is 4.68. The number of benzene rings is 1. The van der Waals surface area contributed by atoms with Gasteiger partial charge < -0.3 is 15.5 Å². The molecule has 0 unspecified atom stereocenters. The molecule has 0 amide bonds. The molecule has 1 aromatic carbocycles. The van der Waals surface area contributed by atoms with Crippen molar-refractivity contribution >= 4 is 41.5 Å². The smallest absolute Gasteiger partial charge is 0.191 e. The van der Waals surface area contributed by atoms with Crippen LogP contribution in [0.25, 0.3) is 0 Å². The van der Waals surface area contributed by atoms with Gasteiger partial charge in [-0.25, -0.2) is 4.39 Å². The van der Waals surface area contributed by atoms with Gasteiger partial charge in [-0.3, -0.25) is 4.99 Å². The number of hydrogen-bond donors (Lipinski definition) is 2. The average molecular weight is 497 g/mol. The molecule has 1 aromatic rings. The molecule has 26 heavy (non-hydrogen) atoms. The molecule has 0 saturated carbocycles. The van der Waals surface area contributed by atoms with Gasteiger partial charge in [0, 0.05) is 37.7 Å². The molecule has 1 fully saturated rings. The molecule has 2 N–H and O–H groups in total. The topological polar surface area (TPSA) is 39.7 Å². The van der Waals surface area contributed by atoms with E-state index in [4.69, 9.17) is 11.6 Å². The number of piperidine rings is 1. The van der Waals surface area contributed by atoms with E-state index in [1.807, 2.05) is 0 Å². The van der Waals surface area contributed by atoms with Gasteiger partial charge >= 0.3 is 0 Å². The Morgan fingerprint density at radius 2 is 2.08 bits per heavy atom. The van der Waals surface area contributed by atoms with E-state index in [-0.39, 0.29) is 29.8 Å². The summed E-state index contributed by atoms with van der Waals surface area (Å²) in [5.74, 6) is 0.523. The number of halogens is 3. The van der Waals surface area contributed by atoms with Crippen molar-refractivity contribution in [3.63, 3.8) is 0 Å². The second kappa shape index (κ2) is 12.7. The Bertz CT molecular complexity index is 562. The van der Waals surface area contributed by atoms with Gasteiger partial charge in [0.25, 0.3) is 0 Å². The van der Waals surface area contributed by atoms with E-state index in [2.05, 4.69) is 27.4 Å². The summed E-state index contributed by atoms with van der Waals surface area (Å²) in [5, 5.41) is 7.31. The van der Waals surface area contributed by atoms with Crippen LogP contribution in [-0.4, -0.2) is 50.1 Å². The van der Waals surface area contributed by atoms with Crippen LogP contribution in [-0.2, 0) is 6.42 Å². The molecular weight excluding hydrogens is 466 g/mol. The normalized spacial score (nSPS) is 16.2. The number of rotatable bonds is 7. The van der Waals surface area contributed by atoms with E-state index >= 15 is 0 Å². The molecule has 7 heteroatoms. The van der Waals surface area contributed by atoms with Crippen molar-refractivity contribution in [1.82, 2.24) is 15.5 Å². The Morgan fingerprint density at radius 3 is 2.69 bits per heavy atom. The van der Waals surface area contributed by atoms with Gasteiger partial charge in [-0.1, -0.05) is 31.0 Å². The zero-order valence-corrected chi connectivity index (χ0v) is 18.8. The maximum absolute atomic E-state index is 13.1. The zero-order chi connectivity index (χ0) is 18.1. The van der Waals surface area contributed by atoms with Crippen molar-refractivity contribution < 1.29 is 4.39 Å². The molecule has 0 atom stereocenters. The van der Waals surface area contributed by atoms with Gasteiger partial charge in [-0.2, -0.15) is 0 Å². The summed E-state index contributed by atoms with van der Waals surface area (Å²) < 4.78 is 13.1. The van der Waals surface area contributed by atoms with Crippen molar-refractivity contribution in [2.24, 2.45) is 4.99 Å². The van der Waals surface area contributed by atoms with E-state index in [0.29, 0.717) is 17.6 Å². The SMILES string of the molecule is CCCCN1CCC(NC(=NC)NCCc2ccc(F)cc2Cl)CC1.I. The number of hydrogen-bond acceptors (Lipinski definition) is 2. The number of likely N-dealkylation sites (tertiary alicyclic amines) is 1. The maximum Gasteiger partial charge on any atom is 0.191 e. The van der Waals surface area contributed by atoms with Gasteiger partial charge in [0.1, 0.15) is 5.82 Å². The third-order valence-corrected chi connectivity index (χ3v) is 5.03. The monoisotopic (exact) mass is 496 g/mol. The molecule has 148 valence electrons. The van der Waals surface area contributed by atoms with E-state index in [1.54, 1.807) is 13.1 Å². The fourth-order valence-electron chi connectivity index (χ4n) is 3.11. The number of guanidine groups is 1. The highest BCUT2D eigenvalue weighted by Crippen LogP contribution is 2.17. The van der Waals surface area contributed by atoms with Crippen LogP contribution >= 0.6 is 35.6 Å². The fraction of sp³-hybridized carbons (Fsp3) is 0.632. The second-order valence-corrected chi connectivity index (χ2v) is 7.01. The molecule has 0 aromatic heterocycles. The second-order valence-electron chi connectivity index (χ2n) is 6.60. The largest absolute Gasteiger partial charge is 0.356 e. The number of unbranched alkanes of at least 4 members (excludes halogenated alkanes) is 1. The molecule has 0 aliphatic carbocycles. The Hall–Kier alpha value is -0.600. The first-order valence-electron chi connectivity index (χ1n) is 9.25. The number of aliphatic imine (C=N–C) groups is 1. The maximum atomic E-state index is 13.1. The van der Waals surface area contributed by atoms with Gasteiger partial charge in [0.05, 0.1) is 0 Å². The lowest BCUT2D eigenvalue weighted by Gasteiger charge is -2.33. The molecule has 0 bridgehead atoms. The van der Waals surface area contributed by atoms with Crippen molar-refractivity contribution in [3.8, 4) is 0 Å². The van der Waals surface area contributed by atoms with Crippen LogP contribution in [0.4, 0.5) is 4.39 Å². The lowest BCUT2D eigenvalue weighted by molar-refractivity contribution is 0.203. The minimum atomic E-state index is -0.301. The lowest BCUT2D eigenvalue weighted by Crippen LogP contribution is -2.49. The minimum absolute atomic E-state index is 0. The number of nitrogens with zero attached hydrogens (tertiary/aromatic N) is 2. The van der Waals surface area contributed by atoms with Gasteiger partial charge in [-0.05, 0) is 49.9 Å². The minimum Gasteiger partial charge on any atom is -0.356 e. The summed E-state index contributed by atoms with van der Waals surface area (Å²) >= 11 is 6.07. The fourth-order valence-corrected chi connectivity index (χ4v) is 3.37. The van der Waals surface area contributed by atoms with Crippen LogP contribution in [0.2, 0.25) is 5.02 Å². The van der Waals surface area contributed by atoms with Crippen molar-refractivity contribution in [2.45, 2.75) is 45.1 Å². The summed E-state index contributed by atoms with van der Waals surface area (Å²) in [5.41, 5.74) is 0.940. The average Bonchev–Trinajstić information content (AvgIpc) is 2.62. The van der Waals surface area contributed by atoms with E-state index in [9.17, 15) is 4.39 Å². The summed E-state index contributed by atoms with van der Waals surface area (Å²) in [7, 11) is 1.79. The first kappa shape index (κ1) is 23.4. The Balaban J connectivity index is 0.00000338. The van der Waals surface area contributed by atoms with Crippen LogP contribution in [0.5, 0.6) is 0 Å². The van der Waals surface area contributed by atoms with Crippen molar-refractivity contribution in [1.29, 1.82) is 0 Å². The Morgan fingerprint density at radius 1 is 1.35 bits per heavy atom. The molecule has 0 radical (unpaired) electrons. The van der Waals surface area contributed by atoms with Gasteiger partial charge in [0.15, 0.2) is 5.96 Å². The van der Waals surface area contributed by atoms with E-state index in [0.717, 1.165) is 43.9 Å². The van der Waals surface area contributed by atoms with Gasteiger partial charge in [-0.15, -0.1) is 24.0 Å². The molecular formula is C19H31ClFIN4. The standard InChI is InChI=1S/C19H30ClFN4.HI/c1-3-4-11-25-12-8-17(9-13-25)24-19(22-2)23-10-7-15-5-6-16(21)14-18(15)20;/h5-6,14,17H,3-4,7-13H2,1-2H3,(H2,22,23,24);1H. The summed E-state index contributed by atoms with van der Waals surface area (Å²) in [6.45, 7) is 6.47. The Labute approximate surface area is 179 Å². The molecule has 1 heterocycles. The van der Waals surface area contributed by atoms with E-state index in [1.165, 1.54) is 31.5 Å². The first-order valence-corrected chi connectivity index (χ1v) is 9.63. The molecule has 1 aliphatic heterocycles. The van der Waals surface area contributed by atoms with Crippen LogP contribution in [0, 0.1) is 5.82 Å². The Kier molecular flexibility index (Phi) is 11.5. The van der Waals surface area contributed by atoms with Crippen LogP contribution < -0.4 is 10.6 Å². The van der Waals surface area contributed by atoms with Gasteiger partial charge in [0.2, 0.25) is 0 Å². The molecule has 4 nitrogen and oxygen atoms in total. The van der Waals surface area contributed by atoms with Crippen molar-refractivity contribution in [2.75, 3.05) is 33.2 Å².